The number of carbonyl (C=O) groups is 1. The highest BCUT2D eigenvalue weighted by Crippen LogP contribution is 2.28. The van der Waals surface area contributed by atoms with Gasteiger partial charge in [-0.3, -0.25) is 9.59 Å². The summed E-state index contributed by atoms with van der Waals surface area (Å²) >= 11 is 6.02. The van der Waals surface area contributed by atoms with Crippen molar-refractivity contribution in [2.24, 2.45) is 0 Å². The molecule has 0 spiro atoms. The van der Waals surface area contributed by atoms with Gasteiger partial charge in [0.2, 0.25) is 0 Å². The number of fused-ring (bicyclic) bond motifs is 3. The van der Waals surface area contributed by atoms with Crippen LogP contribution in [0.1, 0.15) is 15.9 Å². The SMILES string of the molecule is CN1Cc2c(c3cccc(Cl)c3[nH]c2=O)C1=O. The number of halogens is 1. The predicted octanol–water partition coefficient (Wildman–Crippen LogP) is 1.77. The maximum atomic E-state index is 12.0. The molecule has 0 aliphatic carbocycles. The van der Waals surface area contributed by atoms with E-state index in [4.69, 9.17) is 11.6 Å². The lowest BCUT2D eigenvalue weighted by molar-refractivity contribution is 0.0818. The number of rotatable bonds is 0. The van der Waals surface area contributed by atoms with Crippen molar-refractivity contribution in [2.45, 2.75) is 6.54 Å². The highest BCUT2D eigenvalue weighted by Gasteiger charge is 2.29. The van der Waals surface area contributed by atoms with Gasteiger partial charge in [-0.05, 0) is 6.07 Å². The number of para-hydroxylation sites is 1. The minimum Gasteiger partial charge on any atom is -0.337 e. The summed E-state index contributed by atoms with van der Waals surface area (Å²) < 4.78 is 0. The molecule has 17 heavy (non-hydrogen) atoms. The molecule has 1 aromatic heterocycles. The Labute approximate surface area is 102 Å². The summed E-state index contributed by atoms with van der Waals surface area (Å²) in [4.78, 5) is 28.1. The van der Waals surface area contributed by atoms with Crippen molar-refractivity contribution in [3.8, 4) is 0 Å². The molecule has 0 fully saturated rings. The minimum absolute atomic E-state index is 0.127. The number of nitrogens with one attached hydrogen (secondary N) is 1. The summed E-state index contributed by atoms with van der Waals surface area (Å²) in [6, 6.07) is 5.26. The van der Waals surface area contributed by atoms with Gasteiger partial charge in [0.05, 0.1) is 28.2 Å². The lowest BCUT2D eigenvalue weighted by atomic mass is 10.1. The van der Waals surface area contributed by atoms with E-state index in [2.05, 4.69) is 4.98 Å². The second-order valence-electron chi connectivity index (χ2n) is 4.13. The van der Waals surface area contributed by atoms with Gasteiger partial charge in [0, 0.05) is 12.4 Å². The fraction of sp³-hybridized carbons (Fsp3) is 0.167. The van der Waals surface area contributed by atoms with Crippen LogP contribution in [0.2, 0.25) is 5.02 Å². The second-order valence-corrected chi connectivity index (χ2v) is 4.54. The van der Waals surface area contributed by atoms with Crippen LogP contribution >= 0.6 is 11.6 Å². The van der Waals surface area contributed by atoms with Gasteiger partial charge >= 0.3 is 0 Å². The van der Waals surface area contributed by atoms with Crippen molar-refractivity contribution in [3.05, 3.63) is 44.7 Å². The Morgan fingerprint density at radius 2 is 2.12 bits per heavy atom. The fourth-order valence-electron chi connectivity index (χ4n) is 2.22. The highest BCUT2D eigenvalue weighted by molar-refractivity contribution is 6.35. The van der Waals surface area contributed by atoms with Crippen LogP contribution in [0.25, 0.3) is 10.9 Å². The molecule has 0 atom stereocenters. The predicted molar refractivity (Wildman–Crippen MR) is 65.4 cm³/mol. The van der Waals surface area contributed by atoms with E-state index in [1.165, 1.54) is 4.90 Å². The van der Waals surface area contributed by atoms with Gasteiger partial charge in [-0.1, -0.05) is 23.7 Å². The van der Waals surface area contributed by atoms with E-state index < -0.39 is 0 Å². The summed E-state index contributed by atoms with van der Waals surface area (Å²) in [7, 11) is 1.68. The van der Waals surface area contributed by atoms with E-state index in [-0.39, 0.29) is 11.5 Å². The van der Waals surface area contributed by atoms with Gasteiger partial charge in [-0.2, -0.15) is 0 Å². The van der Waals surface area contributed by atoms with Crippen LogP contribution in [-0.4, -0.2) is 22.8 Å². The standard InChI is InChI=1S/C12H9ClN2O2/c1-15-5-7-9(12(15)17)6-3-2-4-8(13)10(6)14-11(7)16/h2-4H,5H2,1H3,(H,14,16). The smallest absolute Gasteiger partial charge is 0.255 e. The molecule has 4 nitrogen and oxygen atoms in total. The van der Waals surface area contributed by atoms with Gasteiger partial charge in [-0.25, -0.2) is 0 Å². The molecular weight excluding hydrogens is 240 g/mol. The van der Waals surface area contributed by atoms with Crippen LogP contribution in [0.5, 0.6) is 0 Å². The number of nitrogens with zero attached hydrogens (tertiary/aromatic N) is 1. The Morgan fingerprint density at radius 1 is 1.35 bits per heavy atom. The molecule has 1 aromatic carbocycles. The Morgan fingerprint density at radius 3 is 2.88 bits per heavy atom. The number of benzene rings is 1. The van der Waals surface area contributed by atoms with Crippen LogP contribution in [-0.2, 0) is 6.54 Å². The number of aromatic amines is 1. The second kappa shape index (κ2) is 3.34. The molecule has 1 aliphatic rings. The number of pyridine rings is 1. The van der Waals surface area contributed by atoms with E-state index >= 15 is 0 Å². The van der Waals surface area contributed by atoms with Gasteiger partial charge < -0.3 is 9.88 Å². The lowest BCUT2D eigenvalue weighted by Crippen LogP contribution is -2.17. The number of hydrogen-bond donors (Lipinski definition) is 1. The van der Waals surface area contributed by atoms with E-state index in [0.717, 1.165) is 0 Å². The van der Waals surface area contributed by atoms with Crippen molar-refractivity contribution in [3.63, 3.8) is 0 Å². The first-order valence-electron chi connectivity index (χ1n) is 5.18. The minimum atomic E-state index is -0.238. The Hall–Kier alpha value is -1.81. The molecule has 2 heterocycles. The molecule has 0 unspecified atom stereocenters. The summed E-state index contributed by atoms with van der Waals surface area (Å²) in [6.45, 7) is 0.353. The molecule has 1 N–H and O–H groups in total. The highest BCUT2D eigenvalue weighted by atomic mass is 35.5. The molecule has 2 aromatic rings. The number of aromatic nitrogens is 1. The maximum absolute atomic E-state index is 12.0. The number of hydrogen-bond acceptors (Lipinski definition) is 2. The Kier molecular flexibility index (Phi) is 2.03. The fourth-order valence-corrected chi connectivity index (χ4v) is 2.44. The molecule has 0 bridgehead atoms. The van der Waals surface area contributed by atoms with Crippen LogP contribution in [0.3, 0.4) is 0 Å². The first kappa shape index (κ1) is 10.4. The third kappa shape index (κ3) is 1.31. The molecule has 5 heteroatoms. The van der Waals surface area contributed by atoms with Crippen molar-refractivity contribution >= 4 is 28.4 Å². The van der Waals surface area contributed by atoms with E-state index in [1.54, 1.807) is 25.2 Å². The maximum Gasteiger partial charge on any atom is 0.255 e. The average Bonchev–Trinajstić information content (AvgIpc) is 2.59. The number of carbonyl (C=O) groups excluding carboxylic acids is 1. The molecule has 3 rings (SSSR count). The first-order chi connectivity index (χ1) is 8.09. The summed E-state index contributed by atoms with van der Waals surface area (Å²) in [5.41, 5.74) is 1.29. The average molecular weight is 249 g/mol. The molecule has 1 aliphatic heterocycles. The van der Waals surface area contributed by atoms with Crippen LogP contribution in [0, 0.1) is 0 Å². The first-order valence-corrected chi connectivity index (χ1v) is 5.56. The monoisotopic (exact) mass is 248 g/mol. The molecule has 86 valence electrons. The van der Waals surface area contributed by atoms with Crippen molar-refractivity contribution in [1.29, 1.82) is 0 Å². The van der Waals surface area contributed by atoms with E-state index in [1.807, 2.05) is 0 Å². The summed E-state index contributed by atoms with van der Waals surface area (Å²) in [6.07, 6.45) is 0. The summed E-state index contributed by atoms with van der Waals surface area (Å²) in [5.74, 6) is -0.127. The molecule has 1 amide bonds. The zero-order valence-electron chi connectivity index (χ0n) is 9.08. The third-order valence-electron chi connectivity index (χ3n) is 3.05. The molecule has 0 radical (unpaired) electrons. The normalized spacial score (nSPS) is 14.5. The molecule has 0 saturated carbocycles. The number of H-pyrrole nitrogens is 1. The van der Waals surface area contributed by atoms with Gasteiger partial charge in [0.25, 0.3) is 11.5 Å². The van der Waals surface area contributed by atoms with Gasteiger partial charge in [0.15, 0.2) is 0 Å². The topological polar surface area (TPSA) is 53.2 Å². The van der Waals surface area contributed by atoms with Crippen molar-refractivity contribution in [1.82, 2.24) is 9.88 Å². The van der Waals surface area contributed by atoms with Crippen molar-refractivity contribution in [2.75, 3.05) is 7.05 Å². The van der Waals surface area contributed by atoms with Crippen LogP contribution < -0.4 is 5.56 Å². The van der Waals surface area contributed by atoms with E-state index in [0.29, 0.717) is 33.6 Å². The van der Waals surface area contributed by atoms with Gasteiger partial charge in [-0.15, -0.1) is 0 Å². The van der Waals surface area contributed by atoms with Crippen LogP contribution in [0.15, 0.2) is 23.0 Å². The summed E-state index contributed by atoms with van der Waals surface area (Å²) in [5, 5.41) is 1.16. The van der Waals surface area contributed by atoms with Crippen molar-refractivity contribution < 1.29 is 4.79 Å². The molecule has 0 saturated heterocycles. The molecular formula is C12H9ClN2O2. The Bertz CT molecular complexity index is 705. The zero-order chi connectivity index (χ0) is 12.2. The Balaban J connectivity index is 2.52. The van der Waals surface area contributed by atoms with E-state index in [9.17, 15) is 9.59 Å². The van der Waals surface area contributed by atoms with Gasteiger partial charge in [0.1, 0.15) is 0 Å². The van der Waals surface area contributed by atoms with Crippen LogP contribution in [0.4, 0.5) is 0 Å². The zero-order valence-corrected chi connectivity index (χ0v) is 9.84. The lowest BCUT2D eigenvalue weighted by Gasteiger charge is -2.05. The largest absolute Gasteiger partial charge is 0.337 e. The quantitative estimate of drug-likeness (QED) is 0.773. The third-order valence-corrected chi connectivity index (χ3v) is 3.37. The number of amides is 1.